The molecule has 5 aliphatic rings. The SMILES string of the molecule is COc1cc(C2c3cc4c(cc3C(NC(=O)C3CCC(CN5C(=O)C=CC5=O)CC3)[C@H]3COC(=O)C23)OCO4)cc(OC)c1O. The highest BCUT2D eigenvalue weighted by molar-refractivity contribution is 6.12. The number of phenols is 1. The van der Waals surface area contributed by atoms with Crippen LogP contribution in [0.4, 0.5) is 0 Å². The molecule has 2 N–H and O–H groups in total. The summed E-state index contributed by atoms with van der Waals surface area (Å²) >= 11 is 0. The number of fused-ring (bicyclic) bond motifs is 3. The Balaban J connectivity index is 1.18. The Labute approximate surface area is 259 Å². The van der Waals surface area contributed by atoms with E-state index in [9.17, 15) is 24.3 Å². The lowest BCUT2D eigenvalue weighted by atomic mass is 9.65. The predicted molar refractivity (Wildman–Crippen MR) is 156 cm³/mol. The zero-order valence-corrected chi connectivity index (χ0v) is 24.9. The molecule has 0 aromatic heterocycles. The van der Waals surface area contributed by atoms with Crippen LogP contribution in [-0.4, -0.2) is 67.9 Å². The minimum Gasteiger partial charge on any atom is -0.502 e. The molecule has 45 heavy (non-hydrogen) atoms. The first kappa shape index (κ1) is 29.0. The Morgan fingerprint density at radius 1 is 0.911 bits per heavy atom. The number of rotatable bonds is 7. The van der Waals surface area contributed by atoms with E-state index >= 15 is 0 Å². The van der Waals surface area contributed by atoms with Crippen LogP contribution in [0.2, 0.25) is 0 Å². The van der Waals surface area contributed by atoms with Crippen LogP contribution in [0.1, 0.15) is 54.3 Å². The van der Waals surface area contributed by atoms with Crippen LogP contribution in [0, 0.1) is 23.7 Å². The minimum absolute atomic E-state index is 0.0591. The van der Waals surface area contributed by atoms with Crippen molar-refractivity contribution < 1.29 is 48.0 Å². The fourth-order valence-corrected chi connectivity index (χ4v) is 7.59. The Kier molecular flexibility index (Phi) is 7.29. The quantitative estimate of drug-likeness (QED) is 0.350. The van der Waals surface area contributed by atoms with Crippen molar-refractivity contribution in [2.45, 2.75) is 37.6 Å². The average Bonchev–Trinajstić information content (AvgIpc) is 3.76. The molecule has 236 valence electrons. The van der Waals surface area contributed by atoms with Gasteiger partial charge in [-0.05, 0) is 72.6 Å². The van der Waals surface area contributed by atoms with E-state index in [1.165, 1.54) is 31.3 Å². The van der Waals surface area contributed by atoms with Gasteiger partial charge < -0.3 is 34.1 Å². The van der Waals surface area contributed by atoms with Crippen LogP contribution >= 0.6 is 0 Å². The molecular weight excluding hydrogens is 584 g/mol. The molecule has 0 radical (unpaired) electrons. The van der Waals surface area contributed by atoms with E-state index in [0.29, 0.717) is 36.4 Å². The standard InChI is InChI=1S/C33H34N2O10/c1-41-24-9-18(10-25(42-2)31(24)38)28-19-11-22-23(45-15-44-22)12-20(19)30(21-14-43-33(40)29(21)28)34-32(39)17-5-3-16(4-6-17)13-35-26(36)7-8-27(35)37/h7-12,16-17,21,28-30,38H,3-6,13-15H2,1-2H3,(H,34,39)/t16?,17?,21-,28?,29?,30?/m0/s1. The first-order chi connectivity index (χ1) is 21.8. The number of hydrogen-bond donors (Lipinski definition) is 2. The normalized spacial score (nSPS) is 28.0. The lowest BCUT2D eigenvalue weighted by molar-refractivity contribution is -0.142. The molecule has 4 atom stereocenters. The van der Waals surface area contributed by atoms with Gasteiger partial charge in [0.25, 0.3) is 11.8 Å². The van der Waals surface area contributed by atoms with Gasteiger partial charge in [0.1, 0.15) is 0 Å². The summed E-state index contributed by atoms with van der Waals surface area (Å²) in [4.78, 5) is 52.5. The number of carbonyl (C=O) groups excluding carboxylic acids is 4. The number of cyclic esters (lactones) is 1. The van der Waals surface area contributed by atoms with Gasteiger partial charge in [0, 0.05) is 36.5 Å². The highest BCUT2D eigenvalue weighted by Gasteiger charge is 2.53. The Hall–Kier alpha value is -4.74. The minimum atomic E-state index is -0.637. The molecule has 1 saturated heterocycles. The molecule has 7 rings (SSSR count). The van der Waals surface area contributed by atoms with Gasteiger partial charge in [-0.15, -0.1) is 0 Å². The van der Waals surface area contributed by atoms with Gasteiger partial charge in [-0.25, -0.2) is 0 Å². The van der Waals surface area contributed by atoms with Crippen molar-refractivity contribution in [1.29, 1.82) is 0 Å². The Morgan fingerprint density at radius 3 is 2.16 bits per heavy atom. The van der Waals surface area contributed by atoms with E-state index < -0.39 is 17.9 Å². The number of carbonyl (C=O) groups is 4. The molecule has 2 aromatic rings. The molecule has 0 spiro atoms. The fraction of sp³-hybridized carbons (Fsp3) is 0.455. The summed E-state index contributed by atoms with van der Waals surface area (Å²) in [6.45, 7) is 0.549. The Bertz CT molecular complexity index is 1570. The van der Waals surface area contributed by atoms with E-state index in [-0.39, 0.29) is 72.1 Å². The number of hydrogen-bond acceptors (Lipinski definition) is 10. The van der Waals surface area contributed by atoms with Crippen molar-refractivity contribution in [3.8, 4) is 28.7 Å². The maximum absolute atomic E-state index is 13.8. The van der Waals surface area contributed by atoms with Crippen molar-refractivity contribution in [3.05, 3.63) is 53.1 Å². The summed E-state index contributed by atoms with van der Waals surface area (Å²) in [7, 11) is 2.89. The molecule has 3 unspecified atom stereocenters. The third-order valence-electron chi connectivity index (χ3n) is 9.90. The lowest BCUT2D eigenvalue weighted by Gasteiger charge is -2.40. The molecule has 3 amide bonds. The predicted octanol–water partition coefficient (Wildman–Crippen LogP) is 2.96. The largest absolute Gasteiger partial charge is 0.502 e. The van der Waals surface area contributed by atoms with E-state index in [1.807, 2.05) is 12.1 Å². The highest BCUT2D eigenvalue weighted by atomic mass is 16.7. The van der Waals surface area contributed by atoms with E-state index in [0.717, 1.165) is 24.0 Å². The molecule has 12 nitrogen and oxygen atoms in total. The molecular formula is C33H34N2O10. The van der Waals surface area contributed by atoms with E-state index in [4.69, 9.17) is 23.7 Å². The first-order valence-electron chi connectivity index (χ1n) is 15.2. The molecule has 0 bridgehead atoms. The Morgan fingerprint density at radius 2 is 1.53 bits per heavy atom. The second-order valence-corrected chi connectivity index (χ2v) is 12.2. The van der Waals surface area contributed by atoms with Gasteiger partial charge >= 0.3 is 5.97 Å². The van der Waals surface area contributed by atoms with Gasteiger partial charge in [0.05, 0.1) is 32.8 Å². The topological polar surface area (TPSA) is 150 Å². The molecule has 12 heteroatoms. The second-order valence-electron chi connectivity index (χ2n) is 12.2. The monoisotopic (exact) mass is 618 g/mol. The zero-order valence-electron chi connectivity index (χ0n) is 24.9. The van der Waals surface area contributed by atoms with Gasteiger partial charge in [0.2, 0.25) is 18.4 Å². The van der Waals surface area contributed by atoms with Crippen LogP contribution in [0.3, 0.4) is 0 Å². The molecule has 1 saturated carbocycles. The van der Waals surface area contributed by atoms with Crippen LogP contribution < -0.4 is 24.3 Å². The molecule has 3 aliphatic heterocycles. The number of imide groups is 1. The third-order valence-corrected chi connectivity index (χ3v) is 9.90. The number of benzene rings is 2. The highest BCUT2D eigenvalue weighted by Crippen LogP contribution is 2.55. The summed E-state index contributed by atoms with van der Waals surface area (Å²) < 4.78 is 27.9. The van der Waals surface area contributed by atoms with Crippen molar-refractivity contribution in [3.63, 3.8) is 0 Å². The summed E-state index contributed by atoms with van der Waals surface area (Å²) in [6, 6.07) is 6.58. The summed E-state index contributed by atoms with van der Waals surface area (Å²) in [5.74, 6) is -1.34. The van der Waals surface area contributed by atoms with Gasteiger partial charge in [-0.1, -0.05) is 0 Å². The number of aromatic hydroxyl groups is 1. The van der Waals surface area contributed by atoms with Crippen LogP contribution in [0.15, 0.2) is 36.4 Å². The van der Waals surface area contributed by atoms with E-state index in [2.05, 4.69) is 5.32 Å². The number of ether oxygens (including phenoxy) is 5. The number of nitrogens with zero attached hydrogens (tertiary/aromatic N) is 1. The smallest absolute Gasteiger partial charge is 0.310 e. The van der Waals surface area contributed by atoms with Gasteiger partial charge in [-0.2, -0.15) is 0 Å². The van der Waals surface area contributed by atoms with Crippen LogP contribution in [0.5, 0.6) is 28.7 Å². The van der Waals surface area contributed by atoms with Crippen LogP contribution in [0.25, 0.3) is 0 Å². The maximum atomic E-state index is 13.8. The van der Waals surface area contributed by atoms with Crippen molar-refractivity contribution in [2.75, 3.05) is 34.2 Å². The number of methoxy groups -OCH3 is 2. The first-order valence-corrected chi connectivity index (χ1v) is 15.2. The molecule has 2 fully saturated rings. The third kappa shape index (κ3) is 4.92. The number of phenolic OH excluding ortho intramolecular Hbond substituents is 1. The summed E-state index contributed by atoms with van der Waals surface area (Å²) in [6.07, 6.45) is 5.27. The van der Waals surface area contributed by atoms with Crippen molar-refractivity contribution in [1.82, 2.24) is 10.2 Å². The van der Waals surface area contributed by atoms with Gasteiger partial charge in [0.15, 0.2) is 23.0 Å². The summed E-state index contributed by atoms with van der Waals surface area (Å²) in [5.41, 5.74) is 2.26. The molecule has 3 heterocycles. The molecule has 2 aliphatic carbocycles. The number of amides is 3. The summed E-state index contributed by atoms with van der Waals surface area (Å²) in [5, 5.41) is 13.9. The van der Waals surface area contributed by atoms with Crippen molar-refractivity contribution in [2.24, 2.45) is 23.7 Å². The fourth-order valence-electron chi connectivity index (χ4n) is 7.59. The molecule has 2 aromatic carbocycles. The van der Waals surface area contributed by atoms with E-state index in [1.54, 1.807) is 12.1 Å². The number of nitrogens with one attached hydrogen (secondary N) is 1. The lowest BCUT2D eigenvalue weighted by Crippen LogP contribution is -2.45. The average molecular weight is 619 g/mol. The second kappa shape index (κ2) is 11.3. The van der Waals surface area contributed by atoms with Gasteiger partial charge in [-0.3, -0.25) is 24.1 Å². The zero-order chi connectivity index (χ0) is 31.4. The maximum Gasteiger partial charge on any atom is 0.310 e. The van der Waals surface area contributed by atoms with Crippen molar-refractivity contribution >= 4 is 23.7 Å². The van der Waals surface area contributed by atoms with Crippen LogP contribution in [-0.2, 0) is 23.9 Å². The number of esters is 1.